The third kappa shape index (κ3) is 1.87. The summed E-state index contributed by atoms with van der Waals surface area (Å²) in [6.45, 7) is 4.33. The predicted molar refractivity (Wildman–Crippen MR) is 62.9 cm³/mol. The van der Waals surface area contributed by atoms with Crippen LogP contribution in [0.2, 0.25) is 0 Å². The van der Waals surface area contributed by atoms with E-state index in [9.17, 15) is 0 Å². The Morgan fingerprint density at radius 3 is 3.00 bits per heavy atom. The molecule has 4 nitrogen and oxygen atoms in total. The van der Waals surface area contributed by atoms with Gasteiger partial charge in [0.1, 0.15) is 5.82 Å². The summed E-state index contributed by atoms with van der Waals surface area (Å²) in [6.07, 6.45) is 8.87. The Kier molecular flexibility index (Phi) is 2.48. The fourth-order valence-corrected chi connectivity index (χ4v) is 2.68. The number of nitrogens with zero attached hydrogens (tertiary/aromatic N) is 3. The normalized spacial score (nSPS) is 23.8. The molecule has 0 spiro atoms. The van der Waals surface area contributed by atoms with Crippen molar-refractivity contribution in [2.24, 2.45) is 5.73 Å². The highest BCUT2D eigenvalue weighted by molar-refractivity contribution is 4.97. The van der Waals surface area contributed by atoms with Crippen LogP contribution in [-0.4, -0.2) is 33.1 Å². The van der Waals surface area contributed by atoms with E-state index < -0.39 is 0 Å². The summed E-state index contributed by atoms with van der Waals surface area (Å²) in [4.78, 5) is 6.86. The van der Waals surface area contributed by atoms with Crippen LogP contribution in [0.25, 0.3) is 0 Å². The van der Waals surface area contributed by atoms with E-state index in [0.717, 1.165) is 32.6 Å². The highest BCUT2D eigenvalue weighted by atomic mass is 15.2. The molecule has 2 heterocycles. The topological polar surface area (TPSA) is 47.1 Å². The first-order valence-electron chi connectivity index (χ1n) is 6.26. The van der Waals surface area contributed by atoms with Crippen molar-refractivity contribution < 1.29 is 0 Å². The Labute approximate surface area is 96.4 Å². The maximum Gasteiger partial charge on any atom is 0.122 e. The van der Waals surface area contributed by atoms with Gasteiger partial charge in [0.25, 0.3) is 0 Å². The summed E-state index contributed by atoms with van der Waals surface area (Å²) in [7, 11) is 0. The first kappa shape index (κ1) is 10.3. The molecule has 0 bridgehead atoms. The molecule has 2 N–H and O–H groups in total. The highest BCUT2D eigenvalue weighted by Gasteiger charge is 2.32. The summed E-state index contributed by atoms with van der Waals surface area (Å²) in [5, 5.41) is 0. The predicted octanol–water partition coefficient (Wildman–Crippen LogP) is 0.970. The van der Waals surface area contributed by atoms with Gasteiger partial charge in [0.05, 0.1) is 6.54 Å². The Morgan fingerprint density at radius 2 is 2.25 bits per heavy atom. The van der Waals surface area contributed by atoms with Crippen LogP contribution in [0, 0.1) is 0 Å². The minimum absolute atomic E-state index is 0.160. The van der Waals surface area contributed by atoms with Gasteiger partial charge >= 0.3 is 0 Å². The van der Waals surface area contributed by atoms with Crippen molar-refractivity contribution >= 4 is 0 Å². The van der Waals surface area contributed by atoms with E-state index in [1.807, 2.05) is 6.20 Å². The third-order valence-electron chi connectivity index (χ3n) is 4.10. The van der Waals surface area contributed by atoms with Crippen LogP contribution in [0.5, 0.6) is 0 Å². The number of hydrogen-bond acceptors (Lipinski definition) is 3. The first-order valence-corrected chi connectivity index (χ1v) is 6.26. The molecule has 0 saturated heterocycles. The van der Waals surface area contributed by atoms with Crippen molar-refractivity contribution in [1.82, 2.24) is 14.5 Å². The quantitative estimate of drug-likeness (QED) is 0.825. The molecule has 88 valence electrons. The molecular weight excluding hydrogens is 200 g/mol. The van der Waals surface area contributed by atoms with Crippen LogP contribution in [0.1, 0.15) is 31.5 Å². The van der Waals surface area contributed by atoms with Crippen molar-refractivity contribution in [3.63, 3.8) is 0 Å². The molecule has 1 fully saturated rings. The van der Waals surface area contributed by atoms with Gasteiger partial charge in [0, 0.05) is 37.6 Å². The minimum atomic E-state index is 0.160. The third-order valence-corrected chi connectivity index (χ3v) is 4.10. The van der Waals surface area contributed by atoms with Crippen molar-refractivity contribution in [2.45, 2.75) is 44.3 Å². The van der Waals surface area contributed by atoms with Crippen LogP contribution in [0.15, 0.2) is 12.4 Å². The van der Waals surface area contributed by atoms with E-state index in [4.69, 9.17) is 5.73 Å². The molecule has 4 heteroatoms. The molecule has 1 aliphatic carbocycles. The summed E-state index contributed by atoms with van der Waals surface area (Å²) in [5.74, 6) is 1.20. The average molecular weight is 220 g/mol. The zero-order valence-electron chi connectivity index (χ0n) is 9.73. The summed E-state index contributed by atoms with van der Waals surface area (Å²) in [5.41, 5.74) is 6.41. The molecule has 16 heavy (non-hydrogen) atoms. The summed E-state index contributed by atoms with van der Waals surface area (Å²) in [6, 6.07) is 0. The zero-order chi connectivity index (χ0) is 11.0. The van der Waals surface area contributed by atoms with E-state index in [0.29, 0.717) is 0 Å². The maximum absolute atomic E-state index is 6.25. The van der Waals surface area contributed by atoms with E-state index in [1.165, 1.54) is 25.1 Å². The molecule has 3 rings (SSSR count). The Morgan fingerprint density at radius 1 is 1.38 bits per heavy atom. The van der Waals surface area contributed by atoms with Gasteiger partial charge < -0.3 is 10.3 Å². The van der Waals surface area contributed by atoms with Crippen molar-refractivity contribution in [3.05, 3.63) is 18.2 Å². The van der Waals surface area contributed by atoms with E-state index in [2.05, 4.69) is 20.6 Å². The lowest BCUT2D eigenvalue weighted by Crippen LogP contribution is -2.49. The smallest absolute Gasteiger partial charge is 0.122 e. The van der Waals surface area contributed by atoms with Gasteiger partial charge in [-0.05, 0) is 25.7 Å². The van der Waals surface area contributed by atoms with Crippen LogP contribution in [-0.2, 0) is 13.1 Å². The molecule has 1 aromatic heterocycles. The van der Waals surface area contributed by atoms with Crippen molar-refractivity contribution in [1.29, 1.82) is 0 Å². The van der Waals surface area contributed by atoms with E-state index >= 15 is 0 Å². The zero-order valence-corrected chi connectivity index (χ0v) is 9.73. The Bertz CT molecular complexity index is 367. The maximum atomic E-state index is 6.25. The second-order valence-corrected chi connectivity index (χ2v) is 5.28. The van der Waals surface area contributed by atoms with Gasteiger partial charge in [-0.1, -0.05) is 0 Å². The number of nitrogens with two attached hydrogens (primary N) is 1. The Balaban J connectivity index is 1.54. The molecule has 0 radical (unpaired) electrons. The number of imidazole rings is 1. The number of aromatic nitrogens is 2. The summed E-state index contributed by atoms with van der Waals surface area (Å²) >= 11 is 0. The van der Waals surface area contributed by atoms with Crippen LogP contribution in [0.4, 0.5) is 0 Å². The van der Waals surface area contributed by atoms with Gasteiger partial charge in [-0.25, -0.2) is 4.98 Å². The van der Waals surface area contributed by atoms with Crippen molar-refractivity contribution in [2.75, 3.05) is 13.1 Å². The van der Waals surface area contributed by atoms with Gasteiger partial charge in [-0.2, -0.15) is 0 Å². The lowest BCUT2D eigenvalue weighted by atomic mass is 9.75. The molecule has 0 aromatic carbocycles. The largest absolute Gasteiger partial charge is 0.333 e. The van der Waals surface area contributed by atoms with Gasteiger partial charge in [-0.3, -0.25) is 4.90 Å². The second-order valence-electron chi connectivity index (χ2n) is 5.28. The van der Waals surface area contributed by atoms with Crippen LogP contribution in [0.3, 0.4) is 0 Å². The van der Waals surface area contributed by atoms with E-state index in [-0.39, 0.29) is 5.54 Å². The molecular formula is C12H20N4. The lowest BCUT2D eigenvalue weighted by Gasteiger charge is -2.40. The molecule has 1 saturated carbocycles. The average Bonchev–Trinajstić information content (AvgIpc) is 2.70. The number of hydrogen-bond donors (Lipinski definition) is 1. The molecule has 1 aliphatic heterocycles. The highest BCUT2D eigenvalue weighted by Crippen LogP contribution is 2.32. The van der Waals surface area contributed by atoms with E-state index in [1.54, 1.807) is 0 Å². The molecule has 0 unspecified atom stereocenters. The standard InChI is InChI=1S/C12H20N4/c13-12(2-1-3-12)4-6-15-8-9-16-7-5-14-11(16)10-15/h5,7H,1-4,6,8-10,13H2. The molecule has 0 atom stereocenters. The molecule has 2 aliphatic rings. The Hall–Kier alpha value is -0.870. The molecule has 0 amide bonds. The monoisotopic (exact) mass is 220 g/mol. The van der Waals surface area contributed by atoms with Gasteiger partial charge in [0.15, 0.2) is 0 Å². The van der Waals surface area contributed by atoms with Gasteiger partial charge in [-0.15, -0.1) is 0 Å². The first-order chi connectivity index (χ1) is 7.75. The molecule has 1 aromatic rings. The fourth-order valence-electron chi connectivity index (χ4n) is 2.68. The second kappa shape index (κ2) is 3.86. The van der Waals surface area contributed by atoms with Crippen LogP contribution >= 0.6 is 0 Å². The number of fused-ring (bicyclic) bond motifs is 1. The minimum Gasteiger partial charge on any atom is -0.333 e. The SMILES string of the molecule is NC1(CCN2CCn3ccnc3C2)CCC1. The van der Waals surface area contributed by atoms with Crippen LogP contribution < -0.4 is 5.73 Å². The fraction of sp³-hybridized carbons (Fsp3) is 0.750. The summed E-state index contributed by atoms with van der Waals surface area (Å²) < 4.78 is 2.25. The van der Waals surface area contributed by atoms with Crippen molar-refractivity contribution in [3.8, 4) is 0 Å². The lowest BCUT2D eigenvalue weighted by molar-refractivity contribution is 0.159. The number of rotatable bonds is 3. The van der Waals surface area contributed by atoms with Gasteiger partial charge in [0.2, 0.25) is 0 Å².